The molecule has 0 amide bonds. The first-order chi connectivity index (χ1) is 9.78. The van der Waals surface area contributed by atoms with E-state index in [-0.39, 0.29) is 0 Å². The molecule has 0 saturated carbocycles. The molecule has 0 unspecified atom stereocenters. The number of quaternary nitrogens is 1. The van der Waals surface area contributed by atoms with E-state index in [0.717, 1.165) is 17.6 Å². The molecule has 0 aliphatic carbocycles. The fourth-order valence-electron chi connectivity index (χ4n) is 3.01. The second-order valence-electron chi connectivity index (χ2n) is 5.67. The van der Waals surface area contributed by atoms with Gasteiger partial charge >= 0.3 is 0 Å². The first-order valence-electron chi connectivity index (χ1n) is 7.71. The molecule has 0 spiro atoms. The third kappa shape index (κ3) is 3.94. The molecule has 0 radical (unpaired) electrons. The van der Waals surface area contributed by atoms with Gasteiger partial charge in [-0.25, -0.2) is 0 Å². The van der Waals surface area contributed by atoms with Crippen molar-refractivity contribution in [1.29, 1.82) is 0 Å². The summed E-state index contributed by atoms with van der Waals surface area (Å²) in [5.41, 5.74) is 2.89. The molecule has 0 aliphatic rings. The highest BCUT2D eigenvalue weighted by Crippen LogP contribution is 2.20. The fraction of sp³-hybridized carbons (Fsp3) is 0.368. The summed E-state index contributed by atoms with van der Waals surface area (Å²) in [4.78, 5) is 0. The van der Waals surface area contributed by atoms with Gasteiger partial charge in [-0.1, -0.05) is 67.6 Å². The molecule has 0 bridgehead atoms. The fourth-order valence-corrected chi connectivity index (χ4v) is 3.01. The Bertz CT molecular complexity index is 448. The van der Waals surface area contributed by atoms with E-state index < -0.39 is 0 Å². The van der Waals surface area contributed by atoms with E-state index in [2.05, 4.69) is 74.5 Å². The van der Waals surface area contributed by atoms with Gasteiger partial charge in [0.05, 0.1) is 13.1 Å². The highest BCUT2D eigenvalue weighted by Gasteiger charge is 2.25. The Morgan fingerprint density at radius 3 is 1.50 bits per heavy atom. The van der Waals surface area contributed by atoms with Gasteiger partial charge in [0.2, 0.25) is 0 Å². The molecule has 1 nitrogen and oxygen atoms in total. The molecule has 106 valence electrons. The quantitative estimate of drug-likeness (QED) is 0.642. The number of nitrogens with zero attached hydrogens (tertiary/aromatic N) is 1. The average Bonchev–Trinajstić information content (AvgIpc) is 2.49. The Balaban J connectivity index is 2.20. The Hall–Kier alpha value is -1.60. The zero-order valence-corrected chi connectivity index (χ0v) is 12.8. The van der Waals surface area contributed by atoms with Gasteiger partial charge < -0.3 is 4.48 Å². The number of hydrogen-bond acceptors (Lipinski definition) is 0. The lowest BCUT2D eigenvalue weighted by molar-refractivity contribution is -0.952. The zero-order valence-electron chi connectivity index (χ0n) is 12.8. The van der Waals surface area contributed by atoms with Crippen LogP contribution in [0.3, 0.4) is 0 Å². The van der Waals surface area contributed by atoms with Crippen molar-refractivity contribution >= 4 is 0 Å². The van der Waals surface area contributed by atoms with E-state index in [1.807, 2.05) is 0 Å². The molecule has 0 aliphatic heterocycles. The van der Waals surface area contributed by atoms with E-state index in [9.17, 15) is 0 Å². The van der Waals surface area contributed by atoms with E-state index >= 15 is 0 Å². The molecule has 2 aromatic carbocycles. The molecule has 20 heavy (non-hydrogen) atoms. The molecule has 2 aromatic rings. The molecule has 0 atom stereocenters. The number of rotatable bonds is 7. The standard InChI is InChI=1S/C19H26N/c1-3-15-20(4-2,16-18-11-7-5-8-12-18)17-19-13-9-6-10-14-19/h5-14H,3-4,15-17H2,1-2H3/q+1. The largest absolute Gasteiger partial charge is 0.316 e. The topological polar surface area (TPSA) is 0 Å². The van der Waals surface area contributed by atoms with Crippen LogP contribution in [-0.4, -0.2) is 17.6 Å². The van der Waals surface area contributed by atoms with Crippen LogP contribution < -0.4 is 0 Å². The van der Waals surface area contributed by atoms with Crippen LogP contribution >= 0.6 is 0 Å². The summed E-state index contributed by atoms with van der Waals surface area (Å²) >= 11 is 0. The van der Waals surface area contributed by atoms with Crippen LogP contribution in [0.1, 0.15) is 31.4 Å². The molecule has 0 N–H and O–H groups in total. The maximum Gasteiger partial charge on any atom is 0.105 e. The average molecular weight is 268 g/mol. The summed E-state index contributed by atoms with van der Waals surface area (Å²) in [5.74, 6) is 0. The van der Waals surface area contributed by atoms with Crippen molar-refractivity contribution in [2.45, 2.75) is 33.4 Å². The highest BCUT2D eigenvalue weighted by molar-refractivity contribution is 5.15. The molecule has 0 saturated heterocycles. The summed E-state index contributed by atoms with van der Waals surface area (Å²) in [6, 6.07) is 21.8. The van der Waals surface area contributed by atoms with Crippen LogP contribution in [0.25, 0.3) is 0 Å². The van der Waals surface area contributed by atoms with Crippen molar-refractivity contribution in [2.75, 3.05) is 13.1 Å². The molecular formula is C19H26N+. The van der Waals surface area contributed by atoms with Crippen LogP contribution in [0.15, 0.2) is 60.7 Å². The summed E-state index contributed by atoms with van der Waals surface area (Å²) in [6.07, 6.45) is 1.23. The van der Waals surface area contributed by atoms with Crippen LogP contribution in [0.2, 0.25) is 0 Å². The van der Waals surface area contributed by atoms with Gasteiger partial charge in [-0.2, -0.15) is 0 Å². The van der Waals surface area contributed by atoms with Crippen molar-refractivity contribution in [1.82, 2.24) is 0 Å². The number of benzene rings is 2. The van der Waals surface area contributed by atoms with Crippen LogP contribution in [0.5, 0.6) is 0 Å². The van der Waals surface area contributed by atoms with E-state index in [1.165, 1.54) is 30.6 Å². The van der Waals surface area contributed by atoms with Crippen LogP contribution in [0.4, 0.5) is 0 Å². The first kappa shape index (κ1) is 14.8. The molecular weight excluding hydrogens is 242 g/mol. The van der Waals surface area contributed by atoms with Crippen molar-refractivity contribution in [3.8, 4) is 0 Å². The van der Waals surface area contributed by atoms with Crippen LogP contribution in [-0.2, 0) is 13.1 Å². The summed E-state index contributed by atoms with van der Waals surface area (Å²) in [7, 11) is 0. The van der Waals surface area contributed by atoms with Crippen molar-refractivity contribution in [2.24, 2.45) is 0 Å². The minimum absolute atomic E-state index is 1.13. The molecule has 0 heterocycles. The maximum atomic E-state index is 2.32. The number of hydrogen-bond donors (Lipinski definition) is 0. The Labute approximate surface area is 123 Å². The highest BCUT2D eigenvalue weighted by atomic mass is 15.3. The van der Waals surface area contributed by atoms with Gasteiger partial charge in [0.25, 0.3) is 0 Å². The Morgan fingerprint density at radius 2 is 1.15 bits per heavy atom. The van der Waals surface area contributed by atoms with Gasteiger partial charge in [0, 0.05) is 11.1 Å². The minimum Gasteiger partial charge on any atom is -0.316 e. The zero-order chi connectivity index (χ0) is 14.3. The second kappa shape index (κ2) is 7.25. The van der Waals surface area contributed by atoms with E-state index in [1.54, 1.807) is 0 Å². The SMILES string of the molecule is CCC[N+](CC)(Cc1ccccc1)Cc1ccccc1. The van der Waals surface area contributed by atoms with Gasteiger partial charge in [-0.15, -0.1) is 0 Å². The van der Waals surface area contributed by atoms with Gasteiger partial charge in [0.15, 0.2) is 0 Å². The molecule has 0 aromatic heterocycles. The minimum atomic E-state index is 1.13. The smallest absolute Gasteiger partial charge is 0.105 e. The summed E-state index contributed by atoms with van der Waals surface area (Å²) in [5, 5.41) is 0. The Kier molecular flexibility index (Phi) is 5.37. The predicted molar refractivity (Wildman–Crippen MR) is 86.3 cm³/mol. The third-order valence-corrected chi connectivity index (χ3v) is 4.09. The van der Waals surface area contributed by atoms with Gasteiger partial charge in [0.1, 0.15) is 13.1 Å². The van der Waals surface area contributed by atoms with Gasteiger partial charge in [-0.05, 0) is 13.3 Å². The van der Waals surface area contributed by atoms with Gasteiger partial charge in [-0.3, -0.25) is 0 Å². The predicted octanol–water partition coefficient (Wildman–Crippen LogP) is 4.63. The lowest BCUT2D eigenvalue weighted by Gasteiger charge is -2.38. The molecule has 1 heteroatoms. The third-order valence-electron chi connectivity index (χ3n) is 4.09. The normalized spacial score (nSPS) is 11.5. The summed E-state index contributed by atoms with van der Waals surface area (Å²) in [6.45, 7) is 9.28. The molecule has 2 rings (SSSR count). The van der Waals surface area contributed by atoms with E-state index in [4.69, 9.17) is 0 Å². The van der Waals surface area contributed by atoms with Crippen molar-refractivity contribution < 1.29 is 4.48 Å². The maximum absolute atomic E-state index is 2.32. The lowest BCUT2D eigenvalue weighted by atomic mass is 10.1. The summed E-state index contributed by atoms with van der Waals surface area (Å²) < 4.78 is 1.14. The second-order valence-corrected chi connectivity index (χ2v) is 5.67. The lowest BCUT2D eigenvalue weighted by Crippen LogP contribution is -2.46. The van der Waals surface area contributed by atoms with Crippen molar-refractivity contribution in [3.05, 3.63) is 71.8 Å². The van der Waals surface area contributed by atoms with E-state index in [0.29, 0.717) is 0 Å². The first-order valence-corrected chi connectivity index (χ1v) is 7.71. The van der Waals surface area contributed by atoms with Crippen molar-refractivity contribution in [3.63, 3.8) is 0 Å². The molecule has 0 fully saturated rings. The Morgan fingerprint density at radius 1 is 0.700 bits per heavy atom. The monoisotopic (exact) mass is 268 g/mol. The van der Waals surface area contributed by atoms with Crippen LogP contribution in [0, 0.1) is 0 Å².